The Morgan fingerprint density at radius 1 is 1.17 bits per heavy atom. The van der Waals surface area contributed by atoms with Crippen molar-refractivity contribution in [3.63, 3.8) is 0 Å². The topological polar surface area (TPSA) is 47.6 Å². The predicted molar refractivity (Wildman–Crippen MR) is 92.7 cm³/mol. The minimum atomic E-state index is -0.145. The molecular weight excluding hydrogens is 310 g/mol. The van der Waals surface area contributed by atoms with E-state index in [2.05, 4.69) is 11.9 Å². The van der Waals surface area contributed by atoms with Gasteiger partial charge in [0.1, 0.15) is 13.2 Å². The van der Waals surface area contributed by atoms with Crippen LogP contribution in [-0.2, 0) is 0 Å². The quantitative estimate of drug-likeness (QED) is 0.666. The molecule has 23 heavy (non-hydrogen) atoms. The zero-order valence-corrected chi connectivity index (χ0v) is 13.4. The van der Waals surface area contributed by atoms with Crippen LogP contribution in [0.1, 0.15) is 10.4 Å². The fourth-order valence-corrected chi connectivity index (χ4v) is 3.04. The van der Waals surface area contributed by atoms with Gasteiger partial charge in [-0.05, 0) is 24.3 Å². The molecule has 118 valence electrons. The number of carbonyl (C=O) groups excluding carboxylic acids is 1. The van der Waals surface area contributed by atoms with Gasteiger partial charge in [0.25, 0.3) is 5.91 Å². The highest BCUT2D eigenvalue weighted by Gasteiger charge is 2.15. The average Bonchev–Trinajstić information content (AvgIpc) is 2.60. The minimum Gasteiger partial charge on any atom is -0.486 e. The molecule has 0 saturated carbocycles. The summed E-state index contributed by atoms with van der Waals surface area (Å²) < 4.78 is 11.0. The number of ether oxygens (including phenoxy) is 2. The molecule has 1 amide bonds. The highest BCUT2D eigenvalue weighted by atomic mass is 32.2. The Balaban J connectivity index is 1.78. The lowest BCUT2D eigenvalue weighted by Crippen LogP contribution is -2.16. The van der Waals surface area contributed by atoms with E-state index in [1.165, 1.54) is 0 Å². The van der Waals surface area contributed by atoms with E-state index in [9.17, 15) is 4.79 Å². The van der Waals surface area contributed by atoms with Crippen molar-refractivity contribution in [1.82, 2.24) is 0 Å². The van der Waals surface area contributed by atoms with Gasteiger partial charge in [-0.1, -0.05) is 18.2 Å². The number of carbonyl (C=O) groups is 1. The van der Waals surface area contributed by atoms with E-state index in [0.29, 0.717) is 36.0 Å². The Bertz CT molecular complexity index is 730. The third-order valence-electron chi connectivity index (χ3n) is 3.29. The van der Waals surface area contributed by atoms with Crippen LogP contribution in [0.2, 0.25) is 0 Å². The number of benzene rings is 2. The number of fused-ring (bicyclic) bond motifs is 1. The first kappa shape index (κ1) is 15.5. The second kappa shape index (κ2) is 7.24. The van der Waals surface area contributed by atoms with E-state index in [-0.39, 0.29) is 5.91 Å². The highest BCUT2D eigenvalue weighted by Crippen LogP contribution is 2.33. The molecule has 0 unspecified atom stereocenters. The average molecular weight is 327 g/mol. The Hall–Kier alpha value is -2.40. The first-order valence-electron chi connectivity index (χ1n) is 7.31. The fraction of sp³-hybridized carbons (Fsp3) is 0.167. The molecule has 4 nitrogen and oxygen atoms in total. The molecule has 1 N–H and O–H groups in total. The second-order valence-corrected chi connectivity index (χ2v) is 5.97. The summed E-state index contributed by atoms with van der Waals surface area (Å²) >= 11 is 1.59. The van der Waals surface area contributed by atoms with Crippen LogP contribution in [0.3, 0.4) is 0 Å². The standard InChI is InChI=1S/C18H17NO3S/c1-2-11-23-17-6-4-3-5-14(17)18(20)19-13-7-8-15-16(12-13)22-10-9-21-15/h2-8,12H,1,9-11H2,(H,19,20). The molecule has 5 heteroatoms. The maximum Gasteiger partial charge on any atom is 0.256 e. The first-order valence-corrected chi connectivity index (χ1v) is 8.30. The summed E-state index contributed by atoms with van der Waals surface area (Å²) in [5.74, 6) is 1.97. The Labute approximate surface area is 139 Å². The molecule has 2 aromatic rings. The van der Waals surface area contributed by atoms with Crippen molar-refractivity contribution in [3.8, 4) is 11.5 Å². The molecular formula is C18H17NO3S. The van der Waals surface area contributed by atoms with Crippen molar-refractivity contribution in [3.05, 3.63) is 60.7 Å². The molecule has 0 aromatic heterocycles. The lowest BCUT2D eigenvalue weighted by Gasteiger charge is -2.19. The van der Waals surface area contributed by atoms with Crippen molar-refractivity contribution in [1.29, 1.82) is 0 Å². The number of thioether (sulfide) groups is 1. The van der Waals surface area contributed by atoms with Crippen LogP contribution in [0.5, 0.6) is 11.5 Å². The van der Waals surface area contributed by atoms with Crippen LogP contribution in [0, 0.1) is 0 Å². The first-order chi connectivity index (χ1) is 11.3. The Kier molecular flexibility index (Phi) is 4.88. The molecule has 0 aliphatic carbocycles. The Morgan fingerprint density at radius 3 is 2.78 bits per heavy atom. The lowest BCUT2D eigenvalue weighted by atomic mass is 10.2. The van der Waals surface area contributed by atoms with E-state index in [1.54, 1.807) is 17.8 Å². The molecule has 0 atom stereocenters. The van der Waals surface area contributed by atoms with Crippen LogP contribution in [0.25, 0.3) is 0 Å². The van der Waals surface area contributed by atoms with Gasteiger partial charge >= 0.3 is 0 Å². The summed E-state index contributed by atoms with van der Waals surface area (Å²) in [4.78, 5) is 13.5. The maximum absolute atomic E-state index is 12.5. The maximum atomic E-state index is 12.5. The van der Waals surface area contributed by atoms with E-state index >= 15 is 0 Å². The number of rotatable bonds is 5. The minimum absolute atomic E-state index is 0.145. The van der Waals surface area contributed by atoms with Crippen LogP contribution in [0.15, 0.2) is 60.0 Å². The van der Waals surface area contributed by atoms with Crippen molar-refractivity contribution in [2.24, 2.45) is 0 Å². The van der Waals surface area contributed by atoms with Gasteiger partial charge in [-0.3, -0.25) is 4.79 Å². The van der Waals surface area contributed by atoms with Gasteiger partial charge in [0, 0.05) is 22.4 Å². The molecule has 0 spiro atoms. The zero-order chi connectivity index (χ0) is 16.1. The summed E-state index contributed by atoms with van der Waals surface area (Å²) in [5.41, 5.74) is 1.33. The molecule has 0 bridgehead atoms. The van der Waals surface area contributed by atoms with E-state index < -0.39 is 0 Å². The van der Waals surface area contributed by atoms with Gasteiger partial charge in [0.05, 0.1) is 5.56 Å². The van der Waals surface area contributed by atoms with E-state index in [1.807, 2.05) is 42.5 Å². The summed E-state index contributed by atoms with van der Waals surface area (Å²) in [7, 11) is 0. The molecule has 2 aromatic carbocycles. The van der Waals surface area contributed by atoms with Gasteiger partial charge in [-0.15, -0.1) is 18.3 Å². The smallest absolute Gasteiger partial charge is 0.256 e. The normalized spacial score (nSPS) is 12.5. The van der Waals surface area contributed by atoms with E-state index in [0.717, 1.165) is 10.6 Å². The third kappa shape index (κ3) is 3.68. The SMILES string of the molecule is C=CCSc1ccccc1C(=O)Nc1ccc2c(c1)OCCO2. The van der Waals surface area contributed by atoms with Crippen LogP contribution >= 0.6 is 11.8 Å². The van der Waals surface area contributed by atoms with Gasteiger partial charge < -0.3 is 14.8 Å². The van der Waals surface area contributed by atoms with Gasteiger partial charge in [0.15, 0.2) is 11.5 Å². The highest BCUT2D eigenvalue weighted by molar-refractivity contribution is 7.99. The van der Waals surface area contributed by atoms with Crippen LogP contribution in [-0.4, -0.2) is 24.9 Å². The molecule has 1 heterocycles. The number of hydrogen-bond acceptors (Lipinski definition) is 4. The van der Waals surface area contributed by atoms with Crippen molar-refractivity contribution in [2.75, 3.05) is 24.3 Å². The number of hydrogen-bond donors (Lipinski definition) is 1. The number of nitrogens with one attached hydrogen (secondary N) is 1. The van der Waals surface area contributed by atoms with Crippen molar-refractivity contribution in [2.45, 2.75) is 4.90 Å². The Morgan fingerprint density at radius 2 is 1.96 bits per heavy atom. The predicted octanol–water partition coefficient (Wildman–Crippen LogP) is 3.99. The molecule has 3 rings (SSSR count). The van der Waals surface area contributed by atoms with Gasteiger partial charge in [0.2, 0.25) is 0 Å². The molecule has 1 aliphatic rings. The van der Waals surface area contributed by atoms with Gasteiger partial charge in [-0.25, -0.2) is 0 Å². The second-order valence-electron chi connectivity index (χ2n) is 4.91. The summed E-state index contributed by atoms with van der Waals surface area (Å²) in [6.07, 6.45) is 1.82. The fourth-order valence-electron chi connectivity index (χ4n) is 2.25. The third-order valence-corrected chi connectivity index (χ3v) is 4.36. The summed E-state index contributed by atoms with van der Waals surface area (Å²) in [6, 6.07) is 12.9. The lowest BCUT2D eigenvalue weighted by molar-refractivity contribution is 0.102. The zero-order valence-electron chi connectivity index (χ0n) is 12.6. The number of anilines is 1. The van der Waals surface area contributed by atoms with Crippen LogP contribution < -0.4 is 14.8 Å². The molecule has 1 aliphatic heterocycles. The van der Waals surface area contributed by atoms with Crippen LogP contribution in [0.4, 0.5) is 5.69 Å². The van der Waals surface area contributed by atoms with E-state index in [4.69, 9.17) is 9.47 Å². The van der Waals surface area contributed by atoms with Crippen molar-refractivity contribution >= 4 is 23.4 Å². The summed E-state index contributed by atoms with van der Waals surface area (Å²) in [6.45, 7) is 4.78. The summed E-state index contributed by atoms with van der Waals surface area (Å²) in [5, 5.41) is 2.91. The number of amides is 1. The molecule has 0 radical (unpaired) electrons. The largest absolute Gasteiger partial charge is 0.486 e. The monoisotopic (exact) mass is 327 g/mol. The molecule has 0 fully saturated rings. The molecule has 0 saturated heterocycles. The van der Waals surface area contributed by atoms with Crippen molar-refractivity contribution < 1.29 is 14.3 Å². The van der Waals surface area contributed by atoms with Gasteiger partial charge in [-0.2, -0.15) is 0 Å².